The molecule has 6 heteroatoms. The molecule has 1 aliphatic rings. The van der Waals surface area contributed by atoms with Crippen LogP contribution in [0.25, 0.3) is 5.70 Å². The molecule has 0 aliphatic carbocycles. The molecule has 0 spiro atoms. The monoisotopic (exact) mass is 371 g/mol. The fourth-order valence-electron chi connectivity index (χ4n) is 2.58. The van der Waals surface area contributed by atoms with Crippen LogP contribution in [0.4, 0.5) is 18.9 Å². The zero-order valence-corrected chi connectivity index (χ0v) is 15.3. The molecule has 0 atom stereocenters. The number of hydrogen-bond acceptors (Lipinski definition) is 3. The average molecular weight is 371 g/mol. The second kappa shape index (κ2) is 7.02. The van der Waals surface area contributed by atoms with Crippen molar-refractivity contribution in [3.63, 3.8) is 0 Å². The predicted octanol–water partition coefficient (Wildman–Crippen LogP) is 5.81. The molecule has 1 aliphatic heterocycles. The van der Waals surface area contributed by atoms with Crippen LogP contribution in [0.5, 0.6) is 0 Å². The van der Waals surface area contributed by atoms with Gasteiger partial charge in [-0.2, -0.15) is 13.2 Å². The van der Waals surface area contributed by atoms with Gasteiger partial charge in [0.15, 0.2) is 5.84 Å². The Balaban J connectivity index is 1.91. The van der Waals surface area contributed by atoms with Crippen molar-refractivity contribution in [2.45, 2.75) is 32.5 Å². The summed E-state index contributed by atoms with van der Waals surface area (Å²) in [5.41, 5.74) is 1.89. The Morgan fingerprint density at radius 2 is 1.52 bits per heavy atom. The minimum absolute atomic E-state index is 0.319. The Morgan fingerprint density at radius 3 is 2.07 bits per heavy atom. The molecule has 0 unspecified atom stereocenters. The Labute approximate surface area is 156 Å². The van der Waals surface area contributed by atoms with Gasteiger partial charge in [0, 0.05) is 11.3 Å². The number of aliphatic imine (C=N–C) groups is 2. The quantitative estimate of drug-likeness (QED) is 0.711. The van der Waals surface area contributed by atoms with Crippen LogP contribution in [-0.2, 0) is 6.18 Å². The molecule has 0 saturated heterocycles. The molecular formula is C21H20F3N3. The first-order chi connectivity index (χ1) is 12.6. The lowest BCUT2D eigenvalue weighted by Gasteiger charge is -2.15. The van der Waals surface area contributed by atoms with Crippen molar-refractivity contribution in [2.75, 3.05) is 5.32 Å². The topological polar surface area (TPSA) is 36.8 Å². The third-order valence-electron chi connectivity index (χ3n) is 3.75. The van der Waals surface area contributed by atoms with Gasteiger partial charge >= 0.3 is 6.18 Å². The molecule has 0 aromatic heterocycles. The molecule has 0 saturated carbocycles. The van der Waals surface area contributed by atoms with Crippen LogP contribution in [0.3, 0.4) is 0 Å². The zero-order valence-electron chi connectivity index (χ0n) is 15.3. The van der Waals surface area contributed by atoms with Gasteiger partial charge in [0.05, 0.1) is 16.8 Å². The molecule has 0 bridgehead atoms. The number of rotatable bonds is 2. The van der Waals surface area contributed by atoms with E-state index in [4.69, 9.17) is 0 Å². The highest BCUT2D eigenvalue weighted by Crippen LogP contribution is 2.30. The summed E-state index contributed by atoms with van der Waals surface area (Å²) >= 11 is 0. The lowest BCUT2D eigenvalue weighted by atomic mass is 10.1. The SMILES string of the molecule is CC(C)(C)N=C1C=C(c2ccccc2)N=C1Nc1ccc(C(F)(F)F)cc1. The summed E-state index contributed by atoms with van der Waals surface area (Å²) in [7, 11) is 0. The Morgan fingerprint density at radius 1 is 0.889 bits per heavy atom. The van der Waals surface area contributed by atoms with E-state index in [9.17, 15) is 13.2 Å². The van der Waals surface area contributed by atoms with Gasteiger partial charge in [0.25, 0.3) is 0 Å². The molecule has 2 aromatic rings. The first-order valence-corrected chi connectivity index (χ1v) is 8.52. The maximum Gasteiger partial charge on any atom is 0.416 e. The zero-order chi connectivity index (χ0) is 19.7. The third kappa shape index (κ3) is 4.84. The maximum absolute atomic E-state index is 12.7. The van der Waals surface area contributed by atoms with Crippen molar-refractivity contribution in [2.24, 2.45) is 9.98 Å². The standard InChI is InChI=1S/C21H20F3N3/c1-20(2,3)27-18-13-17(14-7-5-4-6-8-14)26-19(18)25-16-11-9-15(10-12-16)21(22,23)24/h4-13H,1-3H3,(H,25,26,27). The molecule has 0 radical (unpaired) electrons. The van der Waals surface area contributed by atoms with E-state index in [1.807, 2.05) is 57.2 Å². The van der Waals surface area contributed by atoms with Crippen LogP contribution < -0.4 is 5.32 Å². The van der Waals surface area contributed by atoms with Crippen LogP contribution in [0, 0.1) is 0 Å². The first-order valence-electron chi connectivity index (χ1n) is 8.52. The highest BCUT2D eigenvalue weighted by atomic mass is 19.4. The Kier molecular flexibility index (Phi) is 4.91. The molecule has 2 aromatic carbocycles. The fraction of sp³-hybridized carbons (Fsp3) is 0.238. The number of anilines is 1. The molecule has 27 heavy (non-hydrogen) atoms. The van der Waals surface area contributed by atoms with Crippen LogP contribution in [0.15, 0.2) is 70.7 Å². The van der Waals surface area contributed by atoms with Crippen molar-refractivity contribution in [1.82, 2.24) is 0 Å². The smallest absolute Gasteiger partial charge is 0.338 e. The van der Waals surface area contributed by atoms with Crippen molar-refractivity contribution < 1.29 is 13.2 Å². The Bertz CT molecular complexity index is 900. The van der Waals surface area contributed by atoms with Crippen LogP contribution in [0.2, 0.25) is 0 Å². The molecule has 0 amide bonds. The van der Waals surface area contributed by atoms with Crippen molar-refractivity contribution >= 4 is 22.9 Å². The average Bonchev–Trinajstić information content (AvgIpc) is 2.96. The lowest BCUT2D eigenvalue weighted by Crippen LogP contribution is -2.23. The number of halogens is 3. The van der Waals surface area contributed by atoms with Gasteiger partial charge in [-0.25, -0.2) is 4.99 Å². The van der Waals surface area contributed by atoms with Gasteiger partial charge in [0.1, 0.15) is 5.71 Å². The van der Waals surface area contributed by atoms with Gasteiger partial charge in [-0.3, -0.25) is 4.99 Å². The van der Waals surface area contributed by atoms with E-state index in [-0.39, 0.29) is 5.54 Å². The Hall–Kier alpha value is -2.89. The highest BCUT2D eigenvalue weighted by molar-refractivity contribution is 6.53. The van der Waals surface area contributed by atoms with E-state index >= 15 is 0 Å². The van der Waals surface area contributed by atoms with Crippen molar-refractivity contribution in [1.29, 1.82) is 0 Å². The van der Waals surface area contributed by atoms with Crippen molar-refractivity contribution in [3.05, 3.63) is 71.8 Å². The molecule has 0 fully saturated rings. The summed E-state index contributed by atoms with van der Waals surface area (Å²) in [5.74, 6) is 0.517. The molecule has 3 nitrogen and oxygen atoms in total. The van der Waals surface area contributed by atoms with Gasteiger partial charge in [0.2, 0.25) is 0 Å². The van der Waals surface area contributed by atoms with E-state index in [2.05, 4.69) is 15.3 Å². The molecular weight excluding hydrogens is 351 g/mol. The van der Waals surface area contributed by atoms with Crippen LogP contribution in [0.1, 0.15) is 31.9 Å². The normalized spacial score (nSPS) is 16.3. The first kappa shape index (κ1) is 18.9. The second-order valence-corrected chi connectivity index (χ2v) is 7.22. The van der Waals surface area contributed by atoms with Gasteiger partial charge in [-0.15, -0.1) is 0 Å². The number of nitrogens with zero attached hydrogens (tertiary/aromatic N) is 2. The fourth-order valence-corrected chi connectivity index (χ4v) is 2.58. The van der Waals surface area contributed by atoms with Crippen LogP contribution >= 0.6 is 0 Å². The number of alkyl halides is 3. The molecule has 1 N–H and O–H groups in total. The molecule has 1 heterocycles. The molecule has 3 rings (SSSR count). The summed E-state index contributed by atoms with van der Waals surface area (Å²) in [4.78, 5) is 9.29. The van der Waals surface area contributed by atoms with E-state index in [1.54, 1.807) is 0 Å². The summed E-state index contributed by atoms with van der Waals surface area (Å²) < 4.78 is 38.2. The van der Waals surface area contributed by atoms with Crippen LogP contribution in [-0.4, -0.2) is 17.1 Å². The second-order valence-electron chi connectivity index (χ2n) is 7.22. The highest BCUT2D eigenvalue weighted by Gasteiger charge is 2.30. The summed E-state index contributed by atoms with van der Waals surface area (Å²) in [5, 5.41) is 3.09. The van der Waals surface area contributed by atoms with E-state index in [0.29, 0.717) is 17.2 Å². The molecule has 140 valence electrons. The lowest BCUT2D eigenvalue weighted by molar-refractivity contribution is -0.137. The number of hydrogen-bond donors (Lipinski definition) is 1. The summed E-state index contributed by atoms with van der Waals surface area (Å²) in [6.45, 7) is 5.93. The van der Waals surface area contributed by atoms with Crippen molar-refractivity contribution in [3.8, 4) is 0 Å². The van der Waals surface area contributed by atoms with Gasteiger partial charge in [-0.1, -0.05) is 30.3 Å². The maximum atomic E-state index is 12.7. The largest absolute Gasteiger partial charge is 0.416 e. The van der Waals surface area contributed by atoms with Gasteiger partial charge in [-0.05, 0) is 51.1 Å². The third-order valence-corrected chi connectivity index (χ3v) is 3.75. The van der Waals surface area contributed by atoms with Gasteiger partial charge < -0.3 is 5.32 Å². The number of nitrogens with one attached hydrogen (secondary N) is 1. The predicted molar refractivity (Wildman–Crippen MR) is 104 cm³/mol. The number of amidine groups is 1. The van der Waals surface area contributed by atoms with E-state index in [0.717, 1.165) is 23.4 Å². The minimum Gasteiger partial charge on any atom is -0.338 e. The number of benzene rings is 2. The summed E-state index contributed by atoms with van der Waals surface area (Å²) in [6, 6.07) is 14.5. The van der Waals surface area contributed by atoms with E-state index < -0.39 is 11.7 Å². The van der Waals surface area contributed by atoms with E-state index in [1.165, 1.54) is 12.1 Å². The minimum atomic E-state index is -4.36. The summed E-state index contributed by atoms with van der Waals surface area (Å²) in [6.07, 6.45) is -2.47.